The van der Waals surface area contributed by atoms with Crippen molar-refractivity contribution in [3.8, 4) is 6.07 Å². The third kappa shape index (κ3) is 3.32. The van der Waals surface area contributed by atoms with Crippen molar-refractivity contribution >= 4 is 5.82 Å². The molecular weight excluding hydrogens is 234 g/mol. The van der Waals surface area contributed by atoms with Gasteiger partial charge in [0.2, 0.25) is 0 Å². The Morgan fingerprint density at radius 2 is 1.95 bits per heavy atom. The maximum absolute atomic E-state index is 9.04. The molecule has 2 rings (SSSR count). The Hall–Kier alpha value is -2.34. The molecule has 2 aromatic rings. The molecule has 0 radical (unpaired) electrons. The molecule has 0 unspecified atom stereocenters. The zero-order valence-corrected chi connectivity index (χ0v) is 11.3. The molecule has 0 amide bonds. The molecule has 3 heteroatoms. The molecule has 0 aliphatic rings. The van der Waals surface area contributed by atoms with E-state index in [4.69, 9.17) is 5.26 Å². The number of nitrogens with zero attached hydrogens (tertiary/aromatic N) is 2. The zero-order valence-electron chi connectivity index (χ0n) is 11.3. The Labute approximate surface area is 113 Å². The van der Waals surface area contributed by atoms with Crippen molar-refractivity contribution in [3.63, 3.8) is 0 Å². The summed E-state index contributed by atoms with van der Waals surface area (Å²) in [7, 11) is 0. The fourth-order valence-corrected chi connectivity index (χ4v) is 1.99. The minimum absolute atomic E-state index is 0.593. The van der Waals surface area contributed by atoms with Crippen molar-refractivity contribution in [2.75, 3.05) is 11.9 Å². The summed E-state index contributed by atoms with van der Waals surface area (Å²) < 4.78 is 0. The average Bonchev–Trinajstić information content (AvgIpc) is 2.41. The van der Waals surface area contributed by atoms with Crippen molar-refractivity contribution in [2.45, 2.75) is 20.3 Å². The van der Waals surface area contributed by atoms with E-state index in [1.54, 1.807) is 6.07 Å². The van der Waals surface area contributed by atoms with Crippen molar-refractivity contribution in [1.82, 2.24) is 4.98 Å². The highest BCUT2D eigenvalue weighted by atomic mass is 15.0. The first-order valence-corrected chi connectivity index (χ1v) is 6.37. The fourth-order valence-electron chi connectivity index (χ4n) is 1.99. The highest BCUT2D eigenvalue weighted by Gasteiger charge is 2.03. The van der Waals surface area contributed by atoms with Crippen molar-refractivity contribution in [2.24, 2.45) is 0 Å². The molecule has 0 aliphatic heterocycles. The summed E-state index contributed by atoms with van der Waals surface area (Å²) in [6.45, 7) is 4.81. The van der Waals surface area contributed by atoms with Gasteiger partial charge in [-0.05, 0) is 43.5 Å². The van der Waals surface area contributed by atoms with E-state index in [0.717, 1.165) is 18.7 Å². The van der Waals surface area contributed by atoms with Gasteiger partial charge >= 0.3 is 0 Å². The lowest BCUT2D eigenvalue weighted by Crippen LogP contribution is -2.09. The third-order valence-electron chi connectivity index (χ3n) is 3.10. The molecule has 0 saturated carbocycles. The van der Waals surface area contributed by atoms with Crippen LogP contribution in [0.15, 0.2) is 36.4 Å². The van der Waals surface area contributed by atoms with Crippen LogP contribution in [0.4, 0.5) is 5.82 Å². The zero-order chi connectivity index (χ0) is 13.7. The Kier molecular flexibility index (Phi) is 4.15. The molecule has 1 heterocycles. The van der Waals surface area contributed by atoms with Gasteiger partial charge in [0.15, 0.2) is 0 Å². The lowest BCUT2D eigenvalue weighted by Gasteiger charge is -2.09. The molecule has 1 N–H and O–H groups in total. The predicted molar refractivity (Wildman–Crippen MR) is 77.1 cm³/mol. The molecular formula is C16H17N3. The maximum atomic E-state index is 9.04. The van der Waals surface area contributed by atoms with Gasteiger partial charge in [-0.15, -0.1) is 0 Å². The van der Waals surface area contributed by atoms with E-state index >= 15 is 0 Å². The van der Waals surface area contributed by atoms with E-state index in [1.165, 1.54) is 11.1 Å². The summed E-state index contributed by atoms with van der Waals surface area (Å²) in [5.74, 6) is 0.677. The summed E-state index contributed by atoms with van der Waals surface area (Å²) in [4.78, 5) is 4.36. The number of nitriles is 1. The van der Waals surface area contributed by atoms with Gasteiger partial charge < -0.3 is 5.32 Å². The van der Waals surface area contributed by atoms with E-state index in [1.807, 2.05) is 25.1 Å². The number of aryl methyl sites for hydroxylation is 2. The molecule has 96 valence electrons. The van der Waals surface area contributed by atoms with E-state index in [2.05, 4.69) is 35.4 Å². The van der Waals surface area contributed by atoms with Gasteiger partial charge in [-0.25, -0.2) is 4.98 Å². The molecule has 0 saturated heterocycles. The van der Waals surface area contributed by atoms with Crippen LogP contribution in [0.25, 0.3) is 0 Å². The molecule has 0 spiro atoms. The SMILES string of the molecule is Cc1ccc(C#N)c(NCCc2ccccc2C)n1. The van der Waals surface area contributed by atoms with Gasteiger partial charge in [0, 0.05) is 12.2 Å². The minimum atomic E-state index is 0.593. The molecule has 1 aromatic carbocycles. The first kappa shape index (κ1) is 13.1. The summed E-state index contributed by atoms with van der Waals surface area (Å²) in [6.07, 6.45) is 0.924. The van der Waals surface area contributed by atoms with Crippen molar-refractivity contribution in [1.29, 1.82) is 5.26 Å². The fraction of sp³-hybridized carbons (Fsp3) is 0.250. The molecule has 0 bridgehead atoms. The second-order valence-corrected chi connectivity index (χ2v) is 4.56. The van der Waals surface area contributed by atoms with Gasteiger partial charge in [0.25, 0.3) is 0 Å². The Bertz CT molecular complexity index is 612. The second kappa shape index (κ2) is 6.01. The van der Waals surface area contributed by atoms with Crippen molar-refractivity contribution < 1.29 is 0 Å². The molecule has 19 heavy (non-hydrogen) atoms. The highest BCUT2D eigenvalue weighted by molar-refractivity contribution is 5.52. The lowest BCUT2D eigenvalue weighted by molar-refractivity contribution is 0.987. The summed E-state index contributed by atoms with van der Waals surface area (Å²) >= 11 is 0. The lowest BCUT2D eigenvalue weighted by atomic mass is 10.1. The smallest absolute Gasteiger partial charge is 0.144 e. The van der Waals surface area contributed by atoms with Crippen LogP contribution >= 0.6 is 0 Å². The number of aromatic nitrogens is 1. The normalized spacial score (nSPS) is 9.95. The topological polar surface area (TPSA) is 48.7 Å². The van der Waals surface area contributed by atoms with Crippen LogP contribution in [0.1, 0.15) is 22.4 Å². The Morgan fingerprint density at radius 1 is 1.16 bits per heavy atom. The van der Waals surface area contributed by atoms with Gasteiger partial charge in [0.1, 0.15) is 11.9 Å². The first-order valence-electron chi connectivity index (χ1n) is 6.37. The quantitative estimate of drug-likeness (QED) is 0.907. The van der Waals surface area contributed by atoms with Crippen LogP contribution < -0.4 is 5.32 Å². The molecule has 3 nitrogen and oxygen atoms in total. The van der Waals surface area contributed by atoms with Gasteiger partial charge in [-0.3, -0.25) is 0 Å². The minimum Gasteiger partial charge on any atom is -0.369 e. The predicted octanol–water partition coefficient (Wildman–Crippen LogP) is 3.22. The van der Waals surface area contributed by atoms with Crippen molar-refractivity contribution in [3.05, 3.63) is 58.8 Å². The van der Waals surface area contributed by atoms with E-state index in [9.17, 15) is 0 Å². The van der Waals surface area contributed by atoms with Crippen LogP contribution in [0.3, 0.4) is 0 Å². The highest BCUT2D eigenvalue weighted by Crippen LogP contribution is 2.13. The van der Waals surface area contributed by atoms with Crippen LogP contribution in [0.5, 0.6) is 0 Å². The number of nitrogens with one attached hydrogen (secondary N) is 1. The first-order chi connectivity index (χ1) is 9.20. The number of rotatable bonds is 4. The van der Waals surface area contributed by atoms with Gasteiger partial charge in [0.05, 0.1) is 5.56 Å². The van der Waals surface area contributed by atoms with Gasteiger partial charge in [-0.2, -0.15) is 5.26 Å². The number of hydrogen-bond acceptors (Lipinski definition) is 3. The average molecular weight is 251 g/mol. The van der Waals surface area contributed by atoms with E-state index in [0.29, 0.717) is 11.4 Å². The van der Waals surface area contributed by atoms with E-state index < -0.39 is 0 Å². The van der Waals surface area contributed by atoms with Gasteiger partial charge in [-0.1, -0.05) is 24.3 Å². The maximum Gasteiger partial charge on any atom is 0.144 e. The molecule has 0 atom stereocenters. The number of anilines is 1. The summed E-state index contributed by atoms with van der Waals surface area (Å²) in [5, 5.41) is 12.3. The van der Waals surface area contributed by atoms with Crippen LogP contribution in [0, 0.1) is 25.2 Å². The molecule has 0 aliphatic carbocycles. The van der Waals surface area contributed by atoms with Crippen LogP contribution in [-0.4, -0.2) is 11.5 Å². The summed E-state index contributed by atoms with van der Waals surface area (Å²) in [6, 6.07) is 14.2. The third-order valence-corrected chi connectivity index (χ3v) is 3.10. The Balaban J connectivity index is 2.02. The number of pyridine rings is 1. The van der Waals surface area contributed by atoms with E-state index in [-0.39, 0.29) is 0 Å². The van der Waals surface area contributed by atoms with Crippen LogP contribution in [0.2, 0.25) is 0 Å². The Morgan fingerprint density at radius 3 is 2.68 bits per heavy atom. The summed E-state index contributed by atoms with van der Waals surface area (Å²) in [5.41, 5.74) is 4.12. The number of benzene rings is 1. The second-order valence-electron chi connectivity index (χ2n) is 4.56. The monoisotopic (exact) mass is 251 g/mol. The van der Waals surface area contributed by atoms with Crippen LogP contribution in [-0.2, 0) is 6.42 Å². The largest absolute Gasteiger partial charge is 0.369 e. The molecule has 1 aromatic heterocycles. The molecule has 0 fully saturated rings. The number of hydrogen-bond donors (Lipinski definition) is 1. The standard InChI is InChI=1S/C16H17N3/c1-12-5-3-4-6-14(12)9-10-18-16-15(11-17)8-7-13(2)19-16/h3-8H,9-10H2,1-2H3,(H,18,19).